The Bertz CT molecular complexity index is 516. The summed E-state index contributed by atoms with van der Waals surface area (Å²) in [6.07, 6.45) is 3.17. The summed E-state index contributed by atoms with van der Waals surface area (Å²) in [7, 11) is 0. The van der Waals surface area contributed by atoms with Gasteiger partial charge in [0.2, 0.25) is 0 Å². The SMILES string of the molecule is O=C(O)CNCCN(C=Cc1ccccc1O)CC(=O)O. The Morgan fingerprint density at radius 1 is 1.19 bits per heavy atom. The van der Waals surface area contributed by atoms with Gasteiger partial charge in [-0.1, -0.05) is 18.2 Å². The van der Waals surface area contributed by atoms with Crippen molar-refractivity contribution in [1.82, 2.24) is 10.2 Å². The van der Waals surface area contributed by atoms with Crippen LogP contribution in [0.1, 0.15) is 5.56 Å². The molecule has 0 saturated heterocycles. The number of hydrogen-bond donors (Lipinski definition) is 4. The van der Waals surface area contributed by atoms with Crippen molar-refractivity contribution >= 4 is 18.0 Å². The van der Waals surface area contributed by atoms with Crippen LogP contribution in [0.25, 0.3) is 6.08 Å². The van der Waals surface area contributed by atoms with Crippen molar-refractivity contribution in [3.05, 3.63) is 36.0 Å². The van der Waals surface area contributed by atoms with Crippen LogP contribution in [-0.4, -0.2) is 58.3 Å². The monoisotopic (exact) mass is 294 g/mol. The molecule has 0 bridgehead atoms. The van der Waals surface area contributed by atoms with Crippen molar-refractivity contribution in [2.24, 2.45) is 0 Å². The predicted molar refractivity (Wildman–Crippen MR) is 76.9 cm³/mol. The Balaban J connectivity index is 2.59. The minimum Gasteiger partial charge on any atom is -0.507 e. The van der Waals surface area contributed by atoms with E-state index in [0.717, 1.165) is 0 Å². The summed E-state index contributed by atoms with van der Waals surface area (Å²) in [6.45, 7) is 0.289. The van der Waals surface area contributed by atoms with Gasteiger partial charge in [0.15, 0.2) is 0 Å². The molecule has 0 radical (unpaired) electrons. The smallest absolute Gasteiger partial charge is 0.323 e. The van der Waals surface area contributed by atoms with Crippen LogP contribution >= 0.6 is 0 Å². The number of carboxylic acids is 2. The van der Waals surface area contributed by atoms with Gasteiger partial charge in [-0.15, -0.1) is 0 Å². The van der Waals surface area contributed by atoms with Crippen molar-refractivity contribution in [2.45, 2.75) is 0 Å². The Kier molecular flexibility index (Phi) is 6.76. The van der Waals surface area contributed by atoms with Crippen molar-refractivity contribution < 1.29 is 24.9 Å². The molecule has 0 unspecified atom stereocenters. The number of carboxylic acid groups (broad SMARTS) is 2. The predicted octanol–water partition coefficient (Wildman–Crippen LogP) is 0.424. The molecule has 21 heavy (non-hydrogen) atoms. The number of nitrogens with zero attached hydrogens (tertiary/aromatic N) is 1. The molecule has 0 heterocycles. The average molecular weight is 294 g/mol. The van der Waals surface area contributed by atoms with E-state index in [0.29, 0.717) is 18.7 Å². The Labute approximate surface area is 122 Å². The van der Waals surface area contributed by atoms with E-state index in [2.05, 4.69) is 5.32 Å². The number of benzene rings is 1. The van der Waals surface area contributed by atoms with E-state index >= 15 is 0 Å². The minimum absolute atomic E-state index is 0.105. The Morgan fingerprint density at radius 3 is 2.52 bits per heavy atom. The van der Waals surface area contributed by atoms with E-state index in [1.54, 1.807) is 30.5 Å². The summed E-state index contributed by atoms with van der Waals surface area (Å²) in [5.74, 6) is -1.85. The maximum atomic E-state index is 10.8. The summed E-state index contributed by atoms with van der Waals surface area (Å²) in [6, 6.07) is 6.69. The van der Waals surface area contributed by atoms with E-state index < -0.39 is 11.9 Å². The van der Waals surface area contributed by atoms with E-state index in [4.69, 9.17) is 10.2 Å². The zero-order valence-corrected chi connectivity index (χ0v) is 11.4. The van der Waals surface area contributed by atoms with Crippen molar-refractivity contribution in [1.29, 1.82) is 0 Å². The number of aliphatic carboxylic acids is 2. The lowest BCUT2D eigenvalue weighted by atomic mass is 10.2. The first-order chi connectivity index (χ1) is 9.99. The lowest BCUT2D eigenvalue weighted by Gasteiger charge is -2.18. The van der Waals surface area contributed by atoms with Gasteiger partial charge in [0, 0.05) is 24.9 Å². The van der Waals surface area contributed by atoms with Crippen LogP contribution in [0.3, 0.4) is 0 Å². The largest absolute Gasteiger partial charge is 0.507 e. The fourth-order valence-electron chi connectivity index (χ4n) is 1.61. The number of para-hydroxylation sites is 1. The summed E-state index contributed by atoms with van der Waals surface area (Å²) in [5.41, 5.74) is 0.575. The Morgan fingerprint density at radius 2 is 1.90 bits per heavy atom. The van der Waals surface area contributed by atoms with Gasteiger partial charge in [-0.25, -0.2) is 0 Å². The summed E-state index contributed by atoms with van der Waals surface area (Å²) >= 11 is 0. The quantitative estimate of drug-likeness (QED) is 0.489. The van der Waals surface area contributed by atoms with Gasteiger partial charge in [-0.2, -0.15) is 0 Å². The summed E-state index contributed by atoms with van der Waals surface area (Å²) in [4.78, 5) is 22.7. The molecule has 1 aromatic rings. The Hall–Kier alpha value is -2.54. The first kappa shape index (κ1) is 16.5. The maximum absolute atomic E-state index is 10.8. The molecule has 0 atom stereocenters. The first-order valence-corrected chi connectivity index (χ1v) is 6.33. The van der Waals surface area contributed by atoms with Crippen LogP contribution in [0.5, 0.6) is 5.75 Å². The van der Waals surface area contributed by atoms with Crippen LogP contribution < -0.4 is 5.32 Å². The van der Waals surface area contributed by atoms with E-state index in [-0.39, 0.29) is 18.8 Å². The van der Waals surface area contributed by atoms with Crippen molar-refractivity contribution in [3.8, 4) is 5.75 Å². The van der Waals surface area contributed by atoms with Crippen LogP contribution in [0.4, 0.5) is 0 Å². The van der Waals surface area contributed by atoms with Crippen molar-refractivity contribution in [3.63, 3.8) is 0 Å². The highest BCUT2D eigenvalue weighted by Gasteiger charge is 2.06. The third-order valence-electron chi connectivity index (χ3n) is 2.59. The molecule has 0 fully saturated rings. The number of phenolic OH excluding ortho intramolecular Hbond substituents is 1. The fraction of sp³-hybridized carbons (Fsp3) is 0.286. The number of hydrogen-bond acceptors (Lipinski definition) is 5. The molecule has 7 nitrogen and oxygen atoms in total. The molecule has 0 amide bonds. The molecular weight excluding hydrogens is 276 g/mol. The zero-order chi connectivity index (χ0) is 15.7. The first-order valence-electron chi connectivity index (χ1n) is 6.33. The minimum atomic E-state index is -0.991. The molecule has 0 aliphatic rings. The fourth-order valence-corrected chi connectivity index (χ4v) is 1.61. The molecule has 0 spiro atoms. The normalized spacial score (nSPS) is 10.7. The van der Waals surface area contributed by atoms with Gasteiger partial charge in [0.25, 0.3) is 0 Å². The molecule has 7 heteroatoms. The molecule has 4 N–H and O–H groups in total. The molecule has 0 aliphatic heterocycles. The highest BCUT2D eigenvalue weighted by atomic mass is 16.4. The van der Waals surface area contributed by atoms with E-state index in [9.17, 15) is 14.7 Å². The molecule has 0 aromatic heterocycles. The third kappa shape index (κ3) is 6.98. The molecule has 1 rings (SSSR count). The van der Waals surface area contributed by atoms with Gasteiger partial charge in [0.1, 0.15) is 12.3 Å². The second-order valence-electron chi connectivity index (χ2n) is 4.31. The zero-order valence-electron chi connectivity index (χ0n) is 11.4. The van der Waals surface area contributed by atoms with Gasteiger partial charge < -0.3 is 25.5 Å². The molecule has 114 valence electrons. The molecule has 1 aromatic carbocycles. The van der Waals surface area contributed by atoms with Crippen LogP contribution in [0, 0.1) is 0 Å². The highest BCUT2D eigenvalue weighted by molar-refractivity contribution is 5.70. The lowest BCUT2D eigenvalue weighted by molar-refractivity contribution is -0.138. The van der Waals surface area contributed by atoms with Crippen LogP contribution in [0.15, 0.2) is 30.5 Å². The van der Waals surface area contributed by atoms with Gasteiger partial charge in [-0.05, 0) is 12.1 Å². The molecule has 0 aliphatic carbocycles. The second-order valence-corrected chi connectivity index (χ2v) is 4.31. The van der Waals surface area contributed by atoms with Crippen LogP contribution in [-0.2, 0) is 9.59 Å². The number of nitrogens with one attached hydrogen (secondary N) is 1. The van der Waals surface area contributed by atoms with Gasteiger partial charge in [-0.3, -0.25) is 9.59 Å². The number of phenols is 1. The molecule has 0 saturated carbocycles. The number of rotatable bonds is 9. The van der Waals surface area contributed by atoms with Crippen molar-refractivity contribution in [2.75, 3.05) is 26.2 Å². The topological polar surface area (TPSA) is 110 Å². The molecular formula is C14H18N2O5. The maximum Gasteiger partial charge on any atom is 0.323 e. The lowest BCUT2D eigenvalue weighted by Crippen LogP contribution is -2.34. The van der Waals surface area contributed by atoms with Gasteiger partial charge >= 0.3 is 11.9 Å². The summed E-state index contributed by atoms with van der Waals surface area (Å²) < 4.78 is 0. The van der Waals surface area contributed by atoms with Gasteiger partial charge in [0.05, 0.1) is 6.54 Å². The number of aromatic hydroxyl groups is 1. The van der Waals surface area contributed by atoms with E-state index in [1.807, 2.05) is 0 Å². The highest BCUT2D eigenvalue weighted by Crippen LogP contribution is 2.17. The average Bonchev–Trinajstić information content (AvgIpc) is 2.41. The second kappa shape index (κ2) is 8.60. The van der Waals surface area contributed by atoms with E-state index in [1.165, 1.54) is 11.0 Å². The number of carbonyl (C=O) groups is 2. The summed E-state index contributed by atoms with van der Waals surface area (Å²) in [5, 5.41) is 29.6. The van der Waals surface area contributed by atoms with Crippen LogP contribution in [0.2, 0.25) is 0 Å². The third-order valence-corrected chi connectivity index (χ3v) is 2.59. The standard InChI is InChI=1S/C14H18N2O5/c17-12-4-2-1-3-11(12)5-7-16(10-14(20)21)8-6-15-9-13(18)19/h1-5,7,15,17H,6,8-10H2,(H,18,19)(H,20,21).